The monoisotopic (exact) mass is 380 g/mol. The molecule has 1 aromatic rings. The van der Waals surface area contributed by atoms with Gasteiger partial charge in [-0.15, -0.1) is 11.8 Å². The van der Waals surface area contributed by atoms with Gasteiger partial charge in [-0.05, 0) is 37.0 Å². The van der Waals surface area contributed by atoms with E-state index < -0.39 is 0 Å². The molecule has 1 aromatic carbocycles. The Labute approximate surface area is 158 Å². The van der Waals surface area contributed by atoms with Gasteiger partial charge in [0.2, 0.25) is 5.91 Å². The summed E-state index contributed by atoms with van der Waals surface area (Å²) in [6, 6.07) is 7.17. The molecule has 2 aliphatic heterocycles. The third-order valence-corrected chi connectivity index (χ3v) is 6.76. The molecule has 0 saturated carbocycles. The fourth-order valence-electron chi connectivity index (χ4n) is 3.67. The summed E-state index contributed by atoms with van der Waals surface area (Å²) in [5.74, 6) is 1.62. The first-order chi connectivity index (χ1) is 11.9. The van der Waals surface area contributed by atoms with Crippen molar-refractivity contribution in [2.24, 2.45) is 5.92 Å². The van der Waals surface area contributed by atoms with Crippen molar-refractivity contribution in [1.29, 1.82) is 0 Å². The highest BCUT2D eigenvalue weighted by Crippen LogP contribution is 2.44. The summed E-state index contributed by atoms with van der Waals surface area (Å²) in [5, 5.41) is 0.584. The van der Waals surface area contributed by atoms with E-state index in [4.69, 9.17) is 11.6 Å². The van der Waals surface area contributed by atoms with Crippen LogP contribution in [-0.4, -0.2) is 51.9 Å². The van der Waals surface area contributed by atoms with E-state index in [1.165, 1.54) is 0 Å². The maximum atomic E-state index is 13.0. The molecule has 0 N–H and O–H groups in total. The molecule has 0 aromatic heterocycles. The first-order valence-corrected chi connectivity index (χ1v) is 10.3. The third-order valence-electron chi connectivity index (χ3n) is 4.97. The SMILES string of the molecule is CC(C)CC(=O)N1CCC2(CC1)SCCN2C(=O)c1cccc(Cl)c1. The number of benzene rings is 1. The van der Waals surface area contributed by atoms with E-state index in [0.29, 0.717) is 22.9 Å². The number of rotatable bonds is 3. The molecule has 2 fully saturated rings. The van der Waals surface area contributed by atoms with E-state index in [9.17, 15) is 9.59 Å². The number of carbonyl (C=O) groups is 2. The lowest BCUT2D eigenvalue weighted by Crippen LogP contribution is -2.53. The second-order valence-electron chi connectivity index (χ2n) is 7.24. The number of hydrogen-bond acceptors (Lipinski definition) is 3. The Hall–Kier alpha value is -1.20. The highest BCUT2D eigenvalue weighted by molar-refractivity contribution is 8.00. The van der Waals surface area contributed by atoms with Crippen LogP contribution in [0, 0.1) is 5.92 Å². The number of piperidine rings is 1. The second-order valence-corrected chi connectivity index (χ2v) is 9.13. The molecule has 2 amide bonds. The maximum Gasteiger partial charge on any atom is 0.255 e. The van der Waals surface area contributed by atoms with Crippen LogP contribution in [0.1, 0.15) is 43.5 Å². The van der Waals surface area contributed by atoms with E-state index in [2.05, 4.69) is 13.8 Å². The molecule has 2 saturated heterocycles. The molecule has 6 heteroatoms. The maximum absolute atomic E-state index is 13.0. The van der Waals surface area contributed by atoms with Crippen molar-refractivity contribution in [3.8, 4) is 0 Å². The van der Waals surface area contributed by atoms with Crippen LogP contribution in [0.2, 0.25) is 5.02 Å². The predicted octanol–water partition coefficient (Wildman–Crippen LogP) is 3.89. The number of nitrogens with zero attached hydrogens (tertiary/aromatic N) is 2. The summed E-state index contributed by atoms with van der Waals surface area (Å²) >= 11 is 7.91. The zero-order chi connectivity index (χ0) is 18.0. The highest BCUT2D eigenvalue weighted by atomic mass is 35.5. The minimum absolute atomic E-state index is 0.0504. The average molecular weight is 381 g/mol. The molecule has 4 nitrogen and oxygen atoms in total. The van der Waals surface area contributed by atoms with Gasteiger partial charge in [-0.1, -0.05) is 31.5 Å². The van der Waals surface area contributed by atoms with Crippen LogP contribution >= 0.6 is 23.4 Å². The molecule has 25 heavy (non-hydrogen) atoms. The van der Waals surface area contributed by atoms with Gasteiger partial charge in [0.15, 0.2) is 0 Å². The van der Waals surface area contributed by atoms with Gasteiger partial charge in [0.1, 0.15) is 0 Å². The van der Waals surface area contributed by atoms with Crippen LogP contribution < -0.4 is 0 Å². The van der Waals surface area contributed by atoms with Crippen molar-refractivity contribution in [3.63, 3.8) is 0 Å². The van der Waals surface area contributed by atoms with Gasteiger partial charge in [-0.2, -0.15) is 0 Å². The summed E-state index contributed by atoms with van der Waals surface area (Å²) in [6.07, 6.45) is 2.28. The Bertz CT molecular complexity index is 657. The molecule has 1 spiro atoms. The summed E-state index contributed by atoms with van der Waals surface area (Å²) < 4.78 is 0. The normalized spacial score (nSPS) is 19.7. The molecule has 0 radical (unpaired) electrons. The molecule has 3 rings (SSSR count). The molecule has 0 aliphatic carbocycles. The van der Waals surface area contributed by atoms with Gasteiger partial charge in [0.25, 0.3) is 5.91 Å². The minimum Gasteiger partial charge on any atom is -0.342 e. The Morgan fingerprint density at radius 2 is 1.96 bits per heavy atom. The zero-order valence-electron chi connectivity index (χ0n) is 14.8. The highest BCUT2D eigenvalue weighted by Gasteiger charge is 2.47. The molecule has 0 bridgehead atoms. The number of amides is 2. The van der Waals surface area contributed by atoms with Crippen LogP contribution in [0.25, 0.3) is 0 Å². The van der Waals surface area contributed by atoms with Crippen molar-refractivity contribution in [3.05, 3.63) is 34.9 Å². The molecule has 0 atom stereocenters. The number of likely N-dealkylation sites (tertiary alicyclic amines) is 1. The van der Waals surface area contributed by atoms with Crippen LogP contribution in [0.3, 0.4) is 0 Å². The van der Waals surface area contributed by atoms with E-state index in [1.54, 1.807) is 12.1 Å². The largest absolute Gasteiger partial charge is 0.342 e. The lowest BCUT2D eigenvalue weighted by atomic mass is 9.99. The first-order valence-electron chi connectivity index (χ1n) is 8.90. The molecule has 136 valence electrons. The van der Waals surface area contributed by atoms with Crippen molar-refractivity contribution in [2.45, 2.75) is 38.0 Å². The van der Waals surface area contributed by atoms with E-state index in [0.717, 1.165) is 38.2 Å². The van der Waals surface area contributed by atoms with Crippen molar-refractivity contribution < 1.29 is 9.59 Å². The van der Waals surface area contributed by atoms with Crippen molar-refractivity contribution in [2.75, 3.05) is 25.4 Å². The molecule has 0 unspecified atom stereocenters. The predicted molar refractivity (Wildman–Crippen MR) is 103 cm³/mol. The molecule has 2 aliphatic rings. The van der Waals surface area contributed by atoms with Gasteiger partial charge < -0.3 is 9.80 Å². The van der Waals surface area contributed by atoms with E-state index in [-0.39, 0.29) is 16.7 Å². The van der Waals surface area contributed by atoms with Gasteiger partial charge in [0, 0.05) is 42.4 Å². The summed E-state index contributed by atoms with van der Waals surface area (Å²) in [6.45, 7) is 6.37. The first kappa shape index (κ1) is 18.6. The topological polar surface area (TPSA) is 40.6 Å². The number of thioether (sulfide) groups is 1. The molecule has 2 heterocycles. The second kappa shape index (κ2) is 7.58. The van der Waals surface area contributed by atoms with Gasteiger partial charge in [0.05, 0.1) is 4.87 Å². The Balaban J connectivity index is 1.70. The lowest BCUT2D eigenvalue weighted by Gasteiger charge is -2.44. The average Bonchev–Trinajstić information content (AvgIpc) is 2.97. The Kier molecular flexibility index (Phi) is 5.64. The molecular weight excluding hydrogens is 356 g/mol. The standard InChI is InChI=1S/C19H25ClN2O2S/c1-14(2)12-17(23)21-8-6-19(7-9-21)22(10-11-25-19)18(24)15-4-3-5-16(20)13-15/h3-5,13-14H,6-12H2,1-2H3. The number of halogens is 1. The van der Waals surface area contributed by atoms with Crippen LogP contribution in [0.15, 0.2) is 24.3 Å². The quantitative estimate of drug-likeness (QED) is 0.798. The van der Waals surface area contributed by atoms with E-state index in [1.807, 2.05) is 33.7 Å². The summed E-state index contributed by atoms with van der Waals surface area (Å²) in [4.78, 5) is 29.1. The van der Waals surface area contributed by atoms with Crippen LogP contribution in [0.4, 0.5) is 0 Å². The Morgan fingerprint density at radius 1 is 1.24 bits per heavy atom. The number of hydrogen-bond donors (Lipinski definition) is 0. The van der Waals surface area contributed by atoms with Gasteiger partial charge in [-0.25, -0.2) is 0 Å². The van der Waals surface area contributed by atoms with Gasteiger partial charge >= 0.3 is 0 Å². The molecular formula is C19H25ClN2O2S. The lowest BCUT2D eigenvalue weighted by molar-refractivity contribution is -0.133. The van der Waals surface area contributed by atoms with Crippen molar-refractivity contribution >= 4 is 35.2 Å². The smallest absolute Gasteiger partial charge is 0.255 e. The summed E-state index contributed by atoms with van der Waals surface area (Å²) in [5.41, 5.74) is 0.646. The van der Waals surface area contributed by atoms with Crippen LogP contribution in [0.5, 0.6) is 0 Å². The summed E-state index contributed by atoms with van der Waals surface area (Å²) in [7, 11) is 0. The third kappa shape index (κ3) is 3.98. The number of carbonyl (C=O) groups excluding carboxylic acids is 2. The van der Waals surface area contributed by atoms with E-state index >= 15 is 0 Å². The van der Waals surface area contributed by atoms with Crippen molar-refractivity contribution in [1.82, 2.24) is 9.80 Å². The van der Waals surface area contributed by atoms with Gasteiger partial charge in [-0.3, -0.25) is 9.59 Å². The fraction of sp³-hybridized carbons (Fsp3) is 0.579. The zero-order valence-corrected chi connectivity index (χ0v) is 16.4. The Morgan fingerprint density at radius 3 is 2.60 bits per heavy atom. The minimum atomic E-state index is -0.173. The van der Waals surface area contributed by atoms with Crippen LogP contribution in [-0.2, 0) is 4.79 Å². The fourth-order valence-corrected chi connectivity index (χ4v) is 5.32.